The van der Waals surface area contributed by atoms with Gasteiger partial charge in [0, 0.05) is 6.42 Å². The molecule has 0 amide bonds. The van der Waals surface area contributed by atoms with Crippen LogP contribution < -0.4 is 34.7 Å². The van der Waals surface area contributed by atoms with Crippen molar-refractivity contribution in [3.8, 4) is 0 Å². The molecule has 0 spiro atoms. The zero-order valence-corrected chi connectivity index (χ0v) is 8.25. The van der Waals surface area contributed by atoms with E-state index < -0.39 is 18.2 Å². The third-order valence-electron chi connectivity index (χ3n) is 0.626. The fourth-order valence-corrected chi connectivity index (χ4v) is 0.483. The minimum Gasteiger partial charge on any atom is -0.850 e. The average molecular weight is 164 g/mol. The summed E-state index contributed by atoms with van der Waals surface area (Å²) in [6.07, 6.45) is -5.59. The van der Waals surface area contributed by atoms with Crippen LogP contribution in [0.3, 0.4) is 0 Å². The van der Waals surface area contributed by atoms with Gasteiger partial charge in [-0.15, -0.1) is 5.60 Å². The molecule has 0 heterocycles. The monoisotopic (exact) mass is 164 g/mol. The van der Waals surface area contributed by atoms with Crippen LogP contribution in [0.25, 0.3) is 0 Å². The van der Waals surface area contributed by atoms with Gasteiger partial charge in [0.2, 0.25) is 0 Å². The quantitative estimate of drug-likeness (QED) is 0.414. The number of rotatable bonds is 1. The van der Waals surface area contributed by atoms with Gasteiger partial charge in [-0.05, 0) is 0 Å². The van der Waals surface area contributed by atoms with Crippen molar-refractivity contribution in [2.75, 3.05) is 0 Å². The van der Waals surface area contributed by atoms with E-state index in [0.29, 0.717) is 0 Å². The number of alkyl halides is 3. The van der Waals surface area contributed by atoms with Crippen molar-refractivity contribution in [3.63, 3.8) is 0 Å². The van der Waals surface area contributed by atoms with Crippen molar-refractivity contribution in [2.24, 2.45) is 0 Å². The molecule has 0 bridgehead atoms. The summed E-state index contributed by atoms with van der Waals surface area (Å²) in [6, 6.07) is 0. The van der Waals surface area contributed by atoms with E-state index in [9.17, 15) is 18.3 Å². The molecular weight excluding hydrogens is 156 g/mol. The van der Waals surface area contributed by atoms with Crippen LogP contribution in [0.4, 0.5) is 13.2 Å². The van der Waals surface area contributed by atoms with Gasteiger partial charge in [-0.2, -0.15) is 13.2 Å². The fourth-order valence-electron chi connectivity index (χ4n) is 0.483. The van der Waals surface area contributed by atoms with Gasteiger partial charge in [0.05, 0.1) is 0 Å². The molecule has 0 radical (unpaired) electrons. The van der Waals surface area contributed by atoms with E-state index >= 15 is 0 Å². The zero-order chi connectivity index (χ0) is 7.71. The maximum Gasteiger partial charge on any atom is 1.00 e. The molecule has 0 aliphatic rings. The third-order valence-corrected chi connectivity index (χ3v) is 0.626. The Morgan fingerprint density at radius 1 is 1.20 bits per heavy atom. The number of hydrogen-bond acceptors (Lipinski definition) is 1. The predicted octanol–water partition coefficient (Wildman–Crippen LogP) is -1.92. The van der Waals surface area contributed by atoms with E-state index in [1.54, 1.807) is 0 Å². The molecule has 0 aromatic carbocycles. The standard InChI is InChI=1S/C5H8F3O.Na/c1-4(2,9)3-5(6,7)8;/h3H2,1-2H3;/q-1;+1. The molecule has 10 heavy (non-hydrogen) atoms. The van der Waals surface area contributed by atoms with Crippen molar-refractivity contribution in [1.29, 1.82) is 0 Å². The Bertz CT molecular complexity index is 82.0. The normalized spacial score (nSPS) is 12.6. The zero-order valence-electron chi connectivity index (χ0n) is 6.25. The van der Waals surface area contributed by atoms with Gasteiger partial charge >= 0.3 is 35.7 Å². The molecule has 0 unspecified atom stereocenters. The van der Waals surface area contributed by atoms with Crippen LogP contribution >= 0.6 is 0 Å². The van der Waals surface area contributed by atoms with Crippen molar-refractivity contribution in [1.82, 2.24) is 0 Å². The number of hydrogen-bond donors (Lipinski definition) is 0. The molecule has 0 fully saturated rings. The maximum atomic E-state index is 11.4. The molecule has 0 saturated heterocycles. The van der Waals surface area contributed by atoms with E-state index in [1.165, 1.54) is 0 Å². The minimum absolute atomic E-state index is 0. The van der Waals surface area contributed by atoms with Gasteiger partial charge < -0.3 is 5.11 Å². The first-order chi connectivity index (χ1) is 3.71. The third kappa shape index (κ3) is 11.5. The molecule has 0 aliphatic carbocycles. The SMILES string of the molecule is CC(C)([O-])CC(F)(F)F.[Na+]. The Morgan fingerprint density at radius 3 is 1.50 bits per heavy atom. The van der Waals surface area contributed by atoms with E-state index in [4.69, 9.17) is 0 Å². The molecule has 0 aliphatic heterocycles. The molecule has 56 valence electrons. The van der Waals surface area contributed by atoms with Crippen LogP contribution in [0.1, 0.15) is 20.3 Å². The van der Waals surface area contributed by atoms with Crippen molar-refractivity contribution in [3.05, 3.63) is 0 Å². The fraction of sp³-hybridized carbons (Fsp3) is 1.00. The van der Waals surface area contributed by atoms with Crippen LogP contribution in [-0.4, -0.2) is 11.8 Å². The Hall–Kier alpha value is 0.750. The first-order valence-corrected chi connectivity index (χ1v) is 2.48. The van der Waals surface area contributed by atoms with Gasteiger partial charge in [0.1, 0.15) is 0 Å². The second-order valence-electron chi connectivity index (χ2n) is 2.55. The van der Waals surface area contributed by atoms with Gasteiger partial charge in [0.15, 0.2) is 0 Å². The first kappa shape index (κ1) is 13.3. The van der Waals surface area contributed by atoms with Gasteiger partial charge in [0.25, 0.3) is 0 Å². The average Bonchev–Trinajstić information content (AvgIpc) is 1.14. The summed E-state index contributed by atoms with van der Waals surface area (Å²) in [6.45, 7) is 2.03. The van der Waals surface area contributed by atoms with E-state index in [0.717, 1.165) is 13.8 Å². The van der Waals surface area contributed by atoms with Gasteiger partial charge in [-0.25, -0.2) is 0 Å². The van der Waals surface area contributed by atoms with E-state index in [1.807, 2.05) is 0 Å². The Kier molecular flexibility index (Phi) is 5.27. The second kappa shape index (κ2) is 3.95. The largest absolute Gasteiger partial charge is 1.00 e. The van der Waals surface area contributed by atoms with Crippen LogP contribution in [0, 0.1) is 0 Å². The summed E-state index contributed by atoms with van der Waals surface area (Å²) in [5.41, 5.74) is -1.89. The Morgan fingerprint density at radius 2 is 1.50 bits per heavy atom. The molecule has 0 saturated carbocycles. The van der Waals surface area contributed by atoms with Crippen LogP contribution in [0.15, 0.2) is 0 Å². The number of halogens is 3. The van der Waals surface area contributed by atoms with E-state index in [-0.39, 0.29) is 29.6 Å². The summed E-state index contributed by atoms with van der Waals surface area (Å²) in [7, 11) is 0. The summed E-state index contributed by atoms with van der Waals surface area (Å²) in [4.78, 5) is 0. The molecule has 0 rings (SSSR count). The molecular formula is C5H8F3NaO. The summed E-state index contributed by atoms with van der Waals surface area (Å²) in [5.74, 6) is 0. The Labute approximate surface area is 79.9 Å². The van der Waals surface area contributed by atoms with Crippen molar-refractivity contribution >= 4 is 0 Å². The predicted molar refractivity (Wildman–Crippen MR) is 24.8 cm³/mol. The molecule has 0 atom stereocenters. The maximum absolute atomic E-state index is 11.4. The van der Waals surface area contributed by atoms with E-state index in [2.05, 4.69) is 0 Å². The molecule has 0 N–H and O–H groups in total. The van der Waals surface area contributed by atoms with Crippen LogP contribution in [0.2, 0.25) is 0 Å². The topological polar surface area (TPSA) is 23.1 Å². The second-order valence-corrected chi connectivity index (χ2v) is 2.55. The summed E-state index contributed by atoms with van der Waals surface area (Å²) >= 11 is 0. The first-order valence-electron chi connectivity index (χ1n) is 2.48. The van der Waals surface area contributed by atoms with Crippen molar-refractivity contribution < 1.29 is 47.8 Å². The Balaban J connectivity index is 0. The molecule has 5 heteroatoms. The molecule has 0 aromatic rings. The minimum atomic E-state index is -4.33. The van der Waals surface area contributed by atoms with Gasteiger partial charge in [-0.1, -0.05) is 13.8 Å². The smallest absolute Gasteiger partial charge is 0.850 e. The molecule has 1 nitrogen and oxygen atoms in total. The summed E-state index contributed by atoms with van der Waals surface area (Å²) in [5, 5.41) is 10.4. The van der Waals surface area contributed by atoms with Crippen molar-refractivity contribution in [2.45, 2.75) is 32.0 Å². The van der Waals surface area contributed by atoms with Gasteiger partial charge in [-0.3, -0.25) is 0 Å². The molecule has 0 aromatic heterocycles. The summed E-state index contributed by atoms with van der Waals surface area (Å²) < 4.78 is 34.1. The van der Waals surface area contributed by atoms with Crippen LogP contribution in [-0.2, 0) is 0 Å². The van der Waals surface area contributed by atoms with Crippen LogP contribution in [0.5, 0.6) is 0 Å².